The summed E-state index contributed by atoms with van der Waals surface area (Å²) in [7, 11) is 1.50. The molecule has 0 saturated heterocycles. The minimum atomic E-state index is -0.288. The number of hydrogen-bond acceptors (Lipinski definition) is 4. The Morgan fingerprint density at radius 3 is 2.54 bits per heavy atom. The van der Waals surface area contributed by atoms with Gasteiger partial charge in [-0.3, -0.25) is 0 Å². The summed E-state index contributed by atoms with van der Waals surface area (Å²) in [5.74, 6) is 0. The van der Waals surface area contributed by atoms with E-state index in [0.717, 1.165) is 70.2 Å². The van der Waals surface area contributed by atoms with E-state index in [1.165, 1.54) is 18.2 Å². The highest BCUT2D eigenvalue weighted by molar-refractivity contribution is 6.25. The van der Waals surface area contributed by atoms with Gasteiger partial charge in [0.2, 0.25) is 5.69 Å². The molecule has 7 aromatic rings. The summed E-state index contributed by atoms with van der Waals surface area (Å²) in [6, 6.07) is 22.2. The molecule has 1 aliphatic rings. The Hall–Kier alpha value is -4.55. The largest absolute Gasteiger partial charge is 0.758 e. The van der Waals surface area contributed by atoms with E-state index < -0.39 is 0 Å². The summed E-state index contributed by atoms with van der Waals surface area (Å²) >= 11 is 0. The number of aromatic nitrogens is 1. The van der Waals surface area contributed by atoms with Crippen molar-refractivity contribution in [3.05, 3.63) is 88.3 Å². The quantitative estimate of drug-likeness (QED) is 0.109. The van der Waals surface area contributed by atoms with Crippen LogP contribution in [0.2, 0.25) is 0 Å². The van der Waals surface area contributed by atoms with Gasteiger partial charge in [0.25, 0.3) is 0 Å². The van der Waals surface area contributed by atoms with Crippen molar-refractivity contribution in [3.8, 4) is 11.3 Å². The molecule has 180 valence electrons. The number of hydroxylamine groups is 1. The molecular formula is C31H22N3O3-. The molecule has 0 amide bonds. The van der Waals surface area contributed by atoms with Crippen LogP contribution in [-0.4, -0.2) is 22.9 Å². The van der Waals surface area contributed by atoms with E-state index in [-0.39, 0.29) is 5.41 Å². The second-order valence-electron chi connectivity index (χ2n) is 10.6. The predicted octanol–water partition coefficient (Wildman–Crippen LogP) is 7.67. The summed E-state index contributed by atoms with van der Waals surface area (Å²) in [4.78, 5) is 0. The number of nitrogens with zero attached hydrogens (tertiary/aromatic N) is 3. The summed E-state index contributed by atoms with van der Waals surface area (Å²) in [5.41, 5.74) is 9.09. The van der Waals surface area contributed by atoms with E-state index in [4.69, 9.17) is 4.42 Å². The first-order valence-corrected chi connectivity index (χ1v) is 12.3. The second kappa shape index (κ2) is 6.41. The van der Waals surface area contributed by atoms with Crippen LogP contribution in [0.25, 0.3) is 60.4 Å². The van der Waals surface area contributed by atoms with Gasteiger partial charge < -0.3 is 24.3 Å². The molecular weight excluding hydrogens is 462 g/mol. The third-order valence-corrected chi connectivity index (χ3v) is 8.28. The standard InChI is InChI=1S/C31H22N3O3/c1-31(2)22-8-6-5-7-19(22)28-26(31)25-23(33(4)36)12-11-20-27(25)34(28)29-21-14-16-9-10-18(32(3)35)13-17(16)15-24(21)37-30(20)29/h5-15H,4H2,1-3H3/q-1. The molecule has 0 unspecified atom stereocenters. The molecule has 6 heteroatoms. The smallest absolute Gasteiger partial charge is 0.225 e. The SMILES string of the molecule is C=[N+]([O-])c1ccc2c3oc4cc5cc(N(C)[O-])ccc5cc4c3n3c4c(c1c23)C(C)(C)c1ccccc1-4. The molecule has 0 N–H and O–H groups in total. The minimum Gasteiger partial charge on any atom is -0.758 e. The van der Waals surface area contributed by atoms with E-state index in [1.54, 1.807) is 0 Å². The number of fused-ring (bicyclic) bond motifs is 11. The van der Waals surface area contributed by atoms with E-state index in [0.29, 0.717) is 11.4 Å². The van der Waals surface area contributed by atoms with Crippen LogP contribution in [-0.2, 0) is 5.41 Å². The molecule has 4 aromatic carbocycles. The monoisotopic (exact) mass is 484 g/mol. The fourth-order valence-electron chi connectivity index (χ4n) is 6.66. The van der Waals surface area contributed by atoms with Gasteiger partial charge in [0, 0.05) is 39.1 Å². The molecule has 3 heterocycles. The zero-order valence-corrected chi connectivity index (χ0v) is 20.6. The molecule has 0 saturated carbocycles. The molecule has 3 aromatic heterocycles. The Bertz CT molecular complexity index is 2130. The highest BCUT2D eigenvalue weighted by atomic mass is 16.5. The van der Waals surface area contributed by atoms with E-state index >= 15 is 0 Å². The predicted molar refractivity (Wildman–Crippen MR) is 151 cm³/mol. The summed E-state index contributed by atoms with van der Waals surface area (Å²) < 4.78 is 9.55. The van der Waals surface area contributed by atoms with Gasteiger partial charge in [-0.25, -0.2) is 0 Å². The fourth-order valence-corrected chi connectivity index (χ4v) is 6.66. The van der Waals surface area contributed by atoms with E-state index in [9.17, 15) is 10.4 Å². The number of anilines is 1. The summed E-state index contributed by atoms with van der Waals surface area (Å²) in [6.45, 7) is 8.15. The number of furan rings is 1. The Morgan fingerprint density at radius 2 is 1.76 bits per heavy atom. The molecule has 0 spiro atoms. The lowest BCUT2D eigenvalue weighted by Crippen LogP contribution is -2.15. The van der Waals surface area contributed by atoms with Gasteiger partial charge in [-0.1, -0.05) is 44.2 Å². The third-order valence-electron chi connectivity index (χ3n) is 8.28. The van der Waals surface area contributed by atoms with Crippen LogP contribution in [0.15, 0.2) is 71.1 Å². The lowest BCUT2D eigenvalue weighted by atomic mass is 9.81. The topological polar surface area (TPSA) is 69.9 Å². The molecule has 0 radical (unpaired) electrons. The van der Waals surface area contributed by atoms with Crippen molar-refractivity contribution < 1.29 is 9.16 Å². The minimum absolute atomic E-state index is 0.288. The van der Waals surface area contributed by atoms with Crippen molar-refractivity contribution in [1.82, 2.24) is 4.40 Å². The summed E-state index contributed by atoms with van der Waals surface area (Å²) in [6.07, 6.45) is 0. The second-order valence-corrected chi connectivity index (χ2v) is 10.6. The molecule has 0 aliphatic heterocycles. The first-order chi connectivity index (χ1) is 17.8. The third kappa shape index (κ3) is 2.32. The number of hydrogen-bond donors (Lipinski definition) is 0. The van der Waals surface area contributed by atoms with Crippen LogP contribution in [0, 0.1) is 10.4 Å². The van der Waals surface area contributed by atoms with Crippen molar-refractivity contribution in [2.75, 3.05) is 12.1 Å². The van der Waals surface area contributed by atoms with Gasteiger partial charge in [0.15, 0.2) is 5.58 Å². The Labute approximate surface area is 211 Å². The van der Waals surface area contributed by atoms with Crippen molar-refractivity contribution >= 4 is 67.2 Å². The van der Waals surface area contributed by atoms with Crippen LogP contribution in [0.5, 0.6) is 0 Å². The highest BCUT2D eigenvalue weighted by Crippen LogP contribution is 2.57. The van der Waals surface area contributed by atoms with Gasteiger partial charge in [-0.15, -0.1) is 0 Å². The molecule has 37 heavy (non-hydrogen) atoms. The number of rotatable bonds is 2. The van der Waals surface area contributed by atoms with Gasteiger partial charge in [0.05, 0.1) is 16.6 Å². The lowest BCUT2D eigenvalue weighted by Gasteiger charge is -2.24. The highest BCUT2D eigenvalue weighted by Gasteiger charge is 2.43. The maximum absolute atomic E-state index is 12.7. The molecule has 8 rings (SSSR count). The maximum Gasteiger partial charge on any atom is 0.225 e. The van der Waals surface area contributed by atoms with Crippen molar-refractivity contribution in [3.63, 3.8) is 0 Å². The van der Waals surface area contributed by atoms with Gasteiger partial charge >= 0.3 is 0 Å². The Kier molecular flexibility index (Phi) is 3.57. The molecule has 0 fully saturated rings. The van der Waals surface area contributed by atoms with Gasteiger partial charge in [-0.2, -0.15) is 4.74 Å². The Morgan fingerprint density at radius 1 is 0.946 bits per heavy atom. The number of benzene rings is 4. The zero-order valence-electron chi connectivity index (χ0n) is 20.6. The van der Waals surface area contributed by atoms with Crippen LogP contribution < -0.4 is 5.06 Å². The molecule has 0 atom stereocenters. The normalized spacial score (nSPS) is 14.4. The van der Waals surface area contributed by atoms with Crippen LogP contribution >= 0.6 is 0 Å². The van der Waals surface area contributed by atoms with Crippen LogP contribution in [0.4, 0.5) is 11.4 Å². The zero-order chi connectivity index (χ0) is 25.4. The van der Waals surface area contributed by atoms with Crippen LogP contribution in [0.1, 0.15) is 25.0 Å². The maximum atomic E-state index is 12.7. The van der Waals surface area contributed by atoms with Crippen LogP contribution in [0.3, 0.4) is 0 Å². The first kappa shape index (κ1) is 20.6. The van der Waals surface area contributed by atoms with Gasteiger partial charge in [-0.05, 0) is 53.7 Å². The first-order valence-electron chi connectivity index (χ1n) is 12.3. The van der Waals surface area contributed by atoms with Crippen molar-refractivity contribution in [1.29, 1.82) is 0 Å². The lowest BCUT2D eigenvalue weighted by molar-refractivity contribution is -0.348. The molecule has 6 nitrogen and oxygen atoms in total. The van der Waals surface area contributed by atoms with E-state index in [2.05, 4.69) is 55.3 Å². The molecule has 0 bridgehead atoms. The average molecular weight is 485 g/mol. The average Bonchev–Trinajstić information content (AvgIpc) is 3.56. The molecule has 1 aliphatic carbocycles. The fraction of sp³-hybridized carbons (Fsp3) is 0.129. The Balaban J connectivity index is 1.61. The van der Waals surface area contributed by atoms with Gasteiger partial charge in [0.1, 0.15) is 17.8 Å². The van der Waals surface area contributed by atoms with E-state index in [1.807, 2.05) is 36.4 Å². The van der Waals surface area contributed by atoms with Crippen molar-refractivity contribution in [2.45, 2.75) is 19.3 Å². The summed E-state index contributed by atoms with van der Waals surface area (Å²) in [5, 5.41) is 30.3. The van der Waals surface area contributed by atoms with Crippen molar-refractivity contribution in [2.24, 2.45) is 0 Å².